The monoisotopic (exact) mass is 293 g/mol. The first-order chi connectivity index (χ1) is 10.0. The summed E-state index contributed by atoms with van der Waals surface area (Å²) in [4.78, 5) is 0. The molecule has 5 heteroatoms. The Morgan fingerprint density at radius 2 is 1.90 bits per heavy atom. The van der Waals surface area contributed by atoms with Gasteiger partial charge in [0, 0.05) is 12.1 Å². The SMILES string of the molecule is Oc1ccc2c(c1)CCCC2Nc1cc(F)cc(F)c1F. The summed E-state index contributed by atoms with van der Waals surface area (Å²) in [5.74, 6) is -2.93. The van der Waals surface area contributed by atoms with E-state index in [1.807, 2.05) is 0 Å². The zero-order valence-corrected chi connectivity index (χ0v) is 11.2. The number of aromatic hydroxyl groups is 1. The van der Waals surface area contributed by atoms with Crippen LogP contribution in [-0.2, 0) is 6.42 Å². The fourth-order valence-electron chi connectivity index (χ4n) is 2.80. The molecule has 2 N–H and O–H groups in total. The van der Waals surface area contributed by atoms with Crippen molar-refractivity contribution in [2.45, 2.75) is 25.3 Å². The molecule has 1 unspecified atom stereocenters. The van der Waals surface area contributed by atoms with E-state index >= 15 is 0 Å². The van der Waals surface area contributed by atoms with Gasteiger partial charge in [0.1, 0.15) is 11.6 Å². The number of aryl methyl sites for hydroxylation is 1. The summed E-state index contributed by atoms with van der Waals surface area (Å²) in [6.45, 7) is 0. The van der Waals surface area contributed by atoms with Gasteiger partial charge >= 0.3 is 0 Å². The molecule has 0 fully saturated rings. The van der Waals surface area contributed by atoms with Crippen molar-refractivity contribution in [3.05, 3.63) is 58.9 Å². The molecular formula is C16H14F3NO. The minimum absolute atomic E-state index is 0.178. The van der Waals surface area contributed by atoms with Gasteiger partial charge in [-0.3, -0.25) is 0 Å². The van der Waals surface area contributed by atoms with Crippen molar-refractivity contribution in [2.75, 3.05) is 5.32 Å². The van der Waals surface area contributed by atoms with E-state index in [0.717, 1.165) is 36.5 Å². The molecule has 0 aliphatic heterocycles. The average molecular weight is 293 g/mol. The van der Waals surface area contributed by atoms with E-state index in [2.05, 4.69) is 5.32 Å². The second kappa shape index (κ2) is 5.31. The number of hydrogen-bond donors (Lipinski definition) is 2. The average Bonchev–Trinajstić information content (AvgIpc) is 2.44. The van der Waals surface area contributed by atoms with Crippen LogP contribution in [-0.4, -0.2) is 5.11 Å². The molecule has 1 aliphatic carbocycles. The van der Waals surface area contributed by atoms with Gasteiger partial charge in [-0.1, -0.05) is 6.07 Å². The van der Waals surface area contributed by atoms with Gasteiger partial charge in [-0.25, -0.2) is 13.2 Å². The van der Waals surface area contributed by atoms with Gasteiger partial charge in [0.25, 0.3) is 0 Å². The van der Waals surface area contributed by atoms with Crippen LogP contribution >= 0.6 is 0 Å². The standard InChI is InChI=1S/C16H14F3NO/c17-10-7-13(18)16(19)15(8-10)20-14-3-1-2-9-6-11(21)4-5-12(9)14/h4-8,14,20-21H,1-3H2. The van der Waals surface area contributed by atoms with Crippen LogP contribution in [0.5, 0.6) is 5.75 Å². The van der Waals surface area contributed by atoms with E-state index in [0.29, 0.717) is 6.07 Å². The largest absolute Gasteiger partial charge is 0.508 e. The molecule has 110 valence electrons. The maximum Gasteiger partial charge on any atom is 0.182 e. The number of hydrogen-bond acceptors (Lipinski definition) is 2. The van der Waals surface area contributed by atoms with E-state index in [1.54, 1.807) is 18.2 Å². The molecule has 0 amide bonds. The molecule has 0 spiro atoms. The number of benzene rings is 2. The number of nitrogens with one attached hydrogen (secondary N) is 1. The lowest BCUT2D eigenvalue weighted by Crippen LogP contribution is -2.18. The molecule has 0 radical (unpaired) electrons. The Morgan fingerprint density at radius 1 is 1.10 bits per heavy atom. The third-order valence-electron chi connectivity index (χ3n) is 3.76. The summed E-state index contributed by atoms with van der Waals surface area (Å²) < 4.78 is 40.2. The highest BCUT2D eigenvalue weighted by Gasteiger charge is 2.22. The lowest BCUT2D eigenvalue weighted by molar-refractivity contribution is 0.472. The molecule has 2 aromatic rings. The molecule has 2 nitrogen and oxygen atoms in total. The van der Waals surface area contributed by atoms with Crippen LogP contribution in [0.3, 0.4) is 0 Å². The Bertz CT molecular complexity index is 687. The minimum atomic E-state index is -1.21. The maximum absolute atomic E-state index is 13.7. The van der Waals surface area contributed by atoms with Crippen molar-refractivity contribution in [1.29, 1.82) is 0 Å². The quantitative estimate of drug-likeness (QED) is 0.809. The first-order valence-electron chi connectivity index (χ1n) is 6.77. The summed E-state index contributed by atoms with van der Waals surface area (Å²) >= 11 is 0. The zero-order valence-electron chi connectivity index (χ0n) is 11.2. The molecule has 0 aromatic heterocycles. The Morgan fingerprint density at radius 3 is 2.71 bits per heavy atom. The second-order valence-corrected chi connectivity index (χ2v) is 5.22. The van der Waals surface area contributed by atoms with Crippen molar-refractivity contribution >= 4 is 5.69 Å². The third kappa shape index (κ3) is 2.68. The van der Waals surface area contributed by atoms with Gasteiger partial charge in [-0.05, 0) is 42.5 Å². The van der Waals surface area contributed by atoms with E-state index in [1.165, 1.54) is 0 Å². The molecule has 0 heterocycles. The Kier molecular flexibility index (Phi) is 3.49. The van der Waals surface area contributed by atoms with Crippen LogP contribution in [0.2, 0.25) is 0 Å². The summed E-state index contributed by atoms with van der Waals surface area (Å²) in [7, 11) is 0. The van der Waals surface area contributed by atoms with Crippen molar-refractivity contribution < 1.29 is 18.3 Å². The first kappa shape index (κ1) is 13.8. The predicted octanol–water partition coefficient (Wildman–Crippen LogP) is 4.30. The van der Waals surface area contributed by atoms with Gasteiger partial charge < -0.3 is 10.4 Å². The van der Waals surface area contributed by atoms with Crippen molar-refractivity contribution in [3.8, 4) is 5.75 Å². The number of rotatable bonds is 2. The van der Waals surface area contributed by atoms with Gasteiger partial charge in [0.05, 0.1) is 11.7 Å². The highest BCUT2D eigenvalue weighted by Crippen LogP contribution is 2.35. The van der Waals surface area contributed by atoms with Gasteiger partial charge in [-0.15, -0.1) is 0 Å². The fraction of sp³-hybridized carbons (Fsp3) is 0.250. The third-order valence-corrected chi connectivity index (χ3v) is 3.76. The molecule has 2 aromatic carbocycles. The lowest BCUT2D eigenvalue weighted by atomic mass is 9.87. The van der Waals surface area contributed by atoms with Gasteiger partial charge in [-0.2, -0.15) is 0 Å². The molecular weight excluding hydrogens is 279 g/mol. The summed E-state index contributed by atoms with van der Waals surface area (Å²) in [6, 6.07) is 6.23. The number of halogens is 3. The lowest BCUT2D eigenvalue weighted by Gasteiger charge is -2.27. The number of anilines is 1. The molecule has 0 saturated carbocycles. The van der Waals surface area contributed by atoms with E-state index in [4.69, 9.17) is 0 Å². The molecule has 3 rings (SSSR count). The topological polar surface area (TPSA) is 32.3 Å². The van der Waals surface area contributed by atoms with E-state index in [-0.39, 0.29) is 17.5 Å². The second-order valence-electron chi connectivity index (χ2n) is 5.22. The molecule has 0 saturated heterocycles. The molecule has 0 bridgehead atoms. The fourth-order valence-corrected chi connectivity index (χ4v) is 2.80. The summed E-state index contributed by atoms with van der Waals surface area (Å²) in [5, 5.41) is 12.4. The van der Waals surface area contributed by atoms with Crippen molar-refractivity contribution in [2.24, 2.45) is 0 Å². The minimum Gasteiger partial charge on any atom is -0.508 e. The van der Waals surface area contributed by atoms with Crippen LogP contribution in [0.1, 0.15) is 30.0 Å². The normalized spacial score (nSPS) is 17.4. The number of phenols is 1. The summed E-state index contributed by atoms with van der Waals surface area (Å²) in [5.41, 5.74) is 1.71. The number of phenolic OH excluding ortho intramolecular Hbond substituents is 1. The van der Waals surface area contributed by atoms with Crippen LogP contribution in [0, 0.1) is 17.5 Å². The highest BCUT2D eigenvalue weighted by molar-refractivity contribution is 5.50. The summed E-state index contributed by atoms with van der Waals surface area (Å²) in [6.07, 6.45) is 2.41. The Hall–Kier alpha value is -2.17. The molecule has 21 heavy (non-hydrogen) atoms. The van der Waals surface area contributed by atoms with Gasteiger partial charge in [0.2, 0.25) is 0 Å². The van der Waals surface area contributed by atoms with Gasteiger partial charge in [0.15, 0.2) is 11.6 Å². The molecule has 1 aliphatic rings. The van der Waals surface area contributed by atoms with Crippen LogP contribution in [0.25, 0.3) is 0 Å². The predicted molar refractivity (Wildman–Crippen MR) is 73.7 cm³/mol. The maximum atomic E-state index is 13.7. The highest BCUT2D eigenvalue weighted by atomic mass is 19.2. The Balaban J connectivity index is 1.94. The molecule has 1 atom stereocenters. The van der Waals surface area contributed by atoms with E-state index < -0.39 is 17.5 Å². The van der Waals surface area contributed by atoms with E-state index in [9.17, 15) is 18.3 Å². The van der Waals surface area contributed by atoms with Crippen LogP contribution in [0.15, 0.2) is 30.3 Å². The van der Waals surface area contributed by atoms with Crippen molar-refractivity contribution in [3.63, 3.8) is 0 Å². The Labute approximate surface area is 120 Å². The number of fused-ring (bicyclic) bond motifs is 1. The van der Waals surface area contributed by atoms with Crippen LogP contribution < -0.4 is 5.32 Å². The zero-order chi connectivity index (χ0) is 15.0. The first-order valence-corrected chi connectivity index (χ1v) is 6.77. The smallest absolute Gasteiger partial charge is 0.182 e. The van der Waals surface area contributed by atoms with Crippen molar-refractivity contribution in [1.82, 2.24) is 0 Å². The van der Waals surface area contributed by atoms with Crippen LogP contribution in [0.4, 0.5) is 18.9 Å².